The summed E-state index contributed by atoms with van der Waals surface area (Å²) < 4.78 is 68.8. The second-order valence-corrected chi connectivity index (χ2v) is 14.2. The van der Waals surface area contributed by atoms with Crippen molar-refractivity contribution in [2.24, 2.45) is 0 Å². The second-order valence-electron chi connectivity index (χ2n) is 10.4. The van der Waals surface area contributed by atoms with Crippen molar-refractivity contribution in [1.82, 2.24) is 0 Å². The van der Waals surface area contributed by atoms with Gasteiger partial charge in [0.25, 0.3) is 5.09 Å². The van der Waals surface area contributed by atoms with Gasteiger partial charge in [0.15, 0.2) is 0 Å². The summed E-state index contributed by atoms with van der Waals surface area (Å²) in [7, 11) is -7.65. The zero-order valence-corrected chi connectivity index (χ0v) is 29.7. The Morgan fingerprint density at radius 1 is 0.686 bits per heavy atom. The van der Waals surface area contributed by atoms with Crippen LogP contribution in [0.3, 0.4) is 0 Å². The highest BCUT2D eigenvalue weighted by Gasteiger charge is 2.16. The lowest BCUT2D eigenvalue weighted by Crippen LogP contribution is -2.16. The van der Waals surface area contributed by atoms with Gasteiger partial charge in [-0.05, 0) is 74.2 Å². The van der Waals surface area contributed by atoms with E-state index in [4.69, 9.17) is 29.4 Å². The highest BCUT2D eigenvalue weighted by atomic mass is 35.5. The molecule has 17 heteroatoms. The van der Waals surface area contributed by atoms with Crippen molar-refractivity contribution < 1.29 is 44.6 Å². The minimum absolute atomic E-state index is 0.0221. The lowest BCUT2D eigenvalue weighted by Gasteiger charge is -2.11. The van der Waals surface area contributed by atoms with Crippen molar-refractivity contribution >= 4 is 31.8 Å². The molecule has 0 unspecified atom stereocenters. The third kappa shape index (κ3) is 13.4. The molecule has 0 heterocycles. The van der Waals surface area contributed by atoms with Crippen molar-refractivity contribution in [3.05, 3.63) is 117 Å². The molecule has 0 saturated heterocycles. The number of halogens is 1. The molecule has 0 fully saturated rings. The zero-order chi connectivity index (χ0) is 37.4. The van der Waals surface area contributed by atoms with Gasteiger partial charge in [-0.25, -0.2) is 0 Å². The molecule has 0 atom stereocenters. The third-order valence-electron chi connectivity index (χ3n) is 6.47. The van der Waals surface area contributed by atoms with Crippen LogP contribution in [0, 0.1) is 46.6 Å². The summed E-state index contributed by atoms with van der Waals surface area (Å²) in [5, 5.41) is 27.5. The standard InChI is InChI=1S/C17H16ClNO4S.C17H16N2O7S/c1-13-5-2-8-17(16(13)12-19)22-14-6-3-7-15(11-14)23-24(20,21)10-4-9-18;1-13-5-2-8-17(16(13)12-18)25-14-6-3-7-15(11-14)26-27(22,23)10-4-9-24-19(20)21/h2-3,5-8,11H,4,9-10H2,1H3;2-3,5-8,11H,4,9-10H2,1H3. The molecule has 4 rings (SSSR count). The molecule has 0 aromatic heterocycles. The van der Waals surface area contributed by atoms with Gasteiger partial charge in [0, 0.05) is 18.0 Å². The number of hydrogen-bond donors (Lipinski definition) is 0. The Morgan fingerprint density at radius 2 is 1.10 bits per heavy atom. The minimum Gasteiger partial charge on any atom is -0.456 e. The van der Waals surface area contributed by atoms with E-state index in [1.54, 1.807) is 55.5 Å². The zero-order valence-electron chi connectivity index (χ0n) is 27.4. The van der Waals surface area contributed by atoms with E-state index >= 15 is 0 Å². The fourth-order valence-electron chi connectivity index (χ4n) is 4.15. The average molecular weight is 758 g/mol. The van der Waals surface area contributed by atoms with Crippen LogP contribution in [0.5, 0.6) is 34.5 Å². The van der Waals surface area contributed by atoms with Gasteiger partial charge in [0.05, 0.1) is 29.2 Å². The van der Waals surface area contributed by atoms with Crippen molar-refractivity contribution in [2.75, 3.05) is 24.0 Å². The smallest absolute Gasteiger partial charge is 0.309 e. The van der Waals surface area contributed by atoms with Gasteiger partial charge in [0.1, 0.15) is 46.6 Å². The van der Waals surface area contributed by atoms with E-state index in [0.717, 1.165) is 11.1 Å². The van der Waals surface area contributed by atoms with Crippen molar-refractivity contribution in [3.63, 3.8) is 0 Å². The molecule has 0 radical (unpaired) electrons. The molecule has 0 aliphatic rings. The Bertz CT molecular complexity index is 2130. The van der Waals surface area contributed by atoms with Crippen molar-refractivity contribution in [2.45, 2.75) is 26.7 Å². The lowest BCUT2D eigenvalue weighted by molar-refractivity contribution is -0.757. The Kier molecular flexibility index (Phi) is 14.9. The van der Waals surface area contributed by atoms with Gasteiger partial charge in [-0.3, -0.25) is 0 Å². The van der Waals surface area contributed by atoms with Crippen LogP contribution in [0.2, 0.25) is 0 Å². The Balaban J connectivity index is 0.000000277. The molecule has 51 heavy (non-hydrogen) atoms. The molecule has 0 aliphatic carbocycles. The number of benzene rings is 4. The summed E-state index contributed by atoms with van der Waals surface area (Å²) in [4.78, 5) is 14.1. The van der Waals surface area contributed by atoms with Crippen LogP contribution in [0.4, 0.5) is 0 Å². The van der Waals surface area contributed by atoms with Crippen LogP contribution >= 0.6 is 11.6 Å². The largest absolute Gasteiger partial charge is 0.456 e. The SMILES string of the molecule is Cc1cccc(Oc2cccc(OS(=O)(=O)CCCCl)c2)c1C#N.Cc1cccc(Oc2cccc(OS(=O)(=O)CCCO[N+](=O)[O-])c2)c1C#N. The summed E-state index contributed by atoms with van der Waals surface area (Å²) in [5.41, 5.74) is 2.36. The number of hydrogen-bond acceptors (Lipinski definition) is 13. The average Bonchev–Trinajstić information content (AvgIpc) is 3.06. The van der Waals surface area contributed by atoms with Crippen LogP contribution in [-0.4, -0.2) is 45.9 Å². The van der Waals surface area contributed by atoms with E-state index in [-0.39, 0.29) is 36.2 Å². The number of nitrogens with zero attached hydrogens (tertiary/aromatic N) is 3. The summed E-state index contributed by atoms with van der Waals surface area (Å²) in [5.74, 6) is 1.23. The first-order valence-corrected chi connectivity index (χ1v) is 18.7. The van der Waals surface area contributed by atoms with Crippen molar-refractivity contribution in [1.29, 1.82) is 10.5 Å². The molecule has 0 amide bonds. The molecule has 0 spiro atoms. The summed E-state index contributed by atoms with van der Waals surface area (Å²) >= 11 is 5.50. The van der Waals surface area contributed by atoms with E-state index in [0.29, 0.717) is 40.5 Å². The summed E-state index contributed by atoms with van der Waals surface area (Å²) in [6, 6.07) is 26.8. The molecule has 14 nitrogen and oxygen atoms in total. The summed E-state index contributed by atoms with van der Waals surface area (Å²) in [6.45, 7) is 3.25. The fourth-order valence-corrected chi connectivity index (χ4v) is 6.38. The van der Waals surface area contributed by atoms with E-state index < -0.39 is 31.1 Å². The van der Waals surface area contributed by atoms with Gasteiger partial charge in [-0.15, -0.1) is 21.7 Å². The maximum absolute atomic E-state index is 11.9. The highest BCUT2D eigenvalue weighted by Crippen LogP contribution is 2.31. The molecule has 4 aromatic rings. The normalized spacial score (nSPS) is 10.8. The van der Waals surface area contributed by atoms with Crippen LogP contribution in [0.25, 0.3) is 0 Å². The number of aryl methyl sites for hydroxylation is 2. The fraction of sp³-hybridized carbons (Fsp3) is 0.235. The van der Waals surface area contributed by atoms with Crippen molar-refractivity contribution in [3.8, 4) is 46.6 Å². The molecular formula is C34H32ClN3O11S2. The van der Waals surface area contributed by atoms with Gasteiger partial charge in [-0.1, -0.05) is 36.4 Å². The van der Waals surface area contributed by atoms with Gasteiger partial charge >= 0.3 is 20.2 Å². The number of ether oxygens (including phenoxy) is 2. The van der Waals surface area contributed by atoms with Gasteiger partial charge in [0.2, 0.25) is 0 Å². The molecule has 0 aliphatic heterocycles. The third-order valence-corrected chi connectivity index (χ3v) is 9.21. The number of rotatable bonds is 16. The predicted octanol–water partition coefficient (Wildman–Crippen LogP) is 6.96. The van der Waals surface area contributed by atoms with Crippen LogP contribution in [0.1, 0.15) is 35.1 Å². The first-order valence-electron chi connectivity index (χ1n) is 15.0. The molecule has 4 aromatic carbocycles. The lowest BCUT2D eigenvalue weighted by atomic mass is 10.1. The van der Waals surface area contributed by atoms with Gasteiger partial charge < -0.3 is 22.7 Å². The van der Waals surface area contributed by atoms with E-state index in [1.165, 1.54) is 30.3 Å². The first kappa shape index (κ1) is 39.9. The van der Waals surface area contributed by atoms with E-state index in [1.807, 2.05) is 13.0 Å². The molecule has 268 valence electrons. The van der Waals surface area contributed by atoms with Crippen LogP contribution < -0.4 is 17.8 Å². The van der Waals surface area contributed by atoms with E-state index in [2.05, 4.69) is 17.0 Å². The highest BCUT2D eigenvalue weighted by molar-refractivity contribution is 7.87. The van der Waals surface area contributed by atoms with E-state index in [9.17, 15) is 37.5 Å². The minimum atomic E-state index is -3.95. The molecule has 0 N–H and O–H groups in total. The van der Waals surface area contributed by atoms with Gasteiger partial charge in [-0.2, -0.15) is 27.4 Å². The monoisotopic (exact) mass is 757 g/mol. The maximum atomic E-state index is 11.9. The molecule has 0 bridgehead atoms. The predicted molar refractivity (Wildman–Crippen MR) is 187 cm³/mol. The Morgan fingerprint density at radius 3 is 1.51 bits per heavy atom. The first-order chi connectivity index (χ1) is 24.3. The molecular weight excluding hydrogens is 726 g/mol. The number of nitriles is 2. The van der Waals surface area contributed by atoms with Crippen LogP contribution in [0.15, 0.2) is 84.9 Å². The Hall–Kier alpha value is -5.55. The second kappa shape index (κ2) is 19.0. The Labute approximate surface area is 300 Å². The summed E-state index contributed by atoms with van der Waals surface area (Å²) in [6.07, 6.45) is 0.225. The maximum Gasteiger partial charge on any atom is 0.309 e. The molecule has 0 saturated carbocycles. The topological polar surface area (TPSA) is 205 Å². The number of alkyl halides is 1. The quantitative estimate of drug-likeness (QED) is 0.0373. The van der Waals surface area contributed by atoms with Crippen LogP contribution in [-0.2, 0) is 25.1 Å².